The Morgan fingerprint density at radius 1 is 0.593 bits per heavy atom. The van der Waals surface area contributed by atoms with Crippen molar-refractivity contribution in [1.82, 2.24) is 5.32 Å². The zero-order valence-electron chi connectivity index (χ0n) is 36.9. The monoisotopic (exact) mass is 866 g/mol. The lowest BCUT2D eigenvalue weighted by Crippen LogP contribution is -2.64. The predicted octanol–water partition coefficient (Wildman–Crippen LogP) is 7.81. The summed E-state index contributed by atoms with van der Waals surface area (Å²) in [6.45, 7) is 3.74. The summed E-state index contributed by atoms with van der Waals surface area (Å²) in [6, 6.07) is -1.23. The largest absolute Gasteiger partial charge is 0.472 e. The molecule has 9 N–H and O–H groups in total. The van der Waals surface area contributed by atoms with Gasteiger partial charge in [-0.2, -0.15) is 0 Å². The van der Waals surface area contributed by atoms with Gasteiger partial charge in [0.15, 0.2) is 0 Å². The number of aliphatic hydroxyl groups excluding tert-OH is 7. The molecule has 0 radical (unpaired) electrons. The van der Waals surface area contributed by atoms with Gasteiger partial charge < -0.3 is 46.0 Å². The van der Waals surface area contributed by atoms with E-state index in [1.165, 1.54) is 134 Å². The quantitative estimate of drug-likeness (QED) is 0.0164. The van der Waals surface area contributed by atoms with Crippen LogP contribution in [0.25, 0.3) is 0 Å². The molecule has 1 amide bonds. The summed E-state index contributed by atoms with van der Waals surface area (Å²) in [5.41, 5.74) is 0. The first-order valence-electron chi connectivity index (χ1n) is 23.7. The highest BCUT2D eigenvalue weighted by Gasteiger charge is 2.51. The smallest absolute Gasteiger partial charge is 0.393 e. The van der Waals surface area contributed by atoms with Crippen molar-refractivity contribution in [2.45, 2.75) is 261 Å². The lowest BCUT2D eigenvalue weighted by atomic mass is 9.85. The predicted molar refractivity (Wildman–Crippen MR) is 234 cm³/mol. The number of allylic oxidation sites excluding steroid dienone is 1. The number of aliphatic hydroxyl groups is 7. The maximum Gasteiger partial charge on any atom is 0.472 e. The number of carbonyl (C=O) groups is 1. The molecule has 0 bridgehead atoms. The second kappa shape index (κ2) is 35.5. The van der Waals surface area contributed by atoms with Gasteiger partial charge in [-0.25, -0.2) is 4.57 Å². The van der Waals surface area contributed by atoms with E-state index in [4.69, 9.17) is 9.05 Å². The first-order valence-corrected chi connectivity index (χ1v) is 25.2. The van der Waals surface area contributed by atoms with E-state index in [0.717, 1.165) is 44.9 Å². The zero-order chi connectivity index (χ0) is 43.7. The fraction of sp³-hybridized carbons (Fsp3) is 0.933. The molecule has 1 fully saturated rings. The van der Waals surface area contributed by atoms with Crippen LogP contribution >= 0.6 is 7.82 Å². The van der Waals surface area contributed by atoms with Crippen LogP contribution in [0.5, 0.6) is 0 Å². The maximum absolute atomic E-state index is 13.0. The van der Waals surface area contributed by atoms with E-state index < -0.39 is 75.2 Å². The number of carbonyl (C=O) groups excluding carboxylic acids is 1. The fourth-order valence-corrected chi connectivity index (χ4v) is 8.68. The molecule has 0 aromatic heterocycles. The van der Waals surface area contributed by atoms with E-state index in [2.05, 4.69) is 19.2 Å². The highest BCUT2D eigenvalue weighted by molar-refractivity contribution is 7.47. The van der Waals surface area contributed by atoms with Crippen molar-refractivity contribution >= 4 is 13.7 Å². The van der Waals surface area contributed by atoms with Crippen LogP contribution in [0.2, 0.25) is 0 Å². The second-order valence-corrected chi connectivity index (χ2v) is 18.6. The molecule has 59 heavy (non-hydrogen) atoms. The number of hydrogen-bond acceptors (Lipinski definition) is 11. The Balaban J connectivity index is 2.55. The SMILES string of the molecule is CCCCCCCCCCCCCCC/C=C/C(O)C(COP(=O)(O)OC1C(O)C(O)C(O)C(O)C1O)NC(=O)CC(O)CCCCCCCCCCCCCCCC. The normalized spacial score (nSPS) is 23.6. The Morgan fingerprint density at radius 3 is 1.39 bits per heavy atom. The van der Waals surface area contributed by atoms with E-state index in [1.54, 1.807) is 6.08 Å². The number of hydrogen-bond donors (Lipinski definition) is 9. The highest BCUT2D eigenvalue weighted by Crippen LogP contribution is 2.47. The van der Waals surface area contributed by atoms with Gasteiger partial charge in [-0.3, -0.25) is 13.8 Å². The average molecular weight is 866 g/mol. The van der Waals surface area contributed by atoms with Gasteiger partial charge in [-0.05, 0) is 19.3 Å². The molecule has 0 spiro atoms. The molecule has 1 saturated carbocycles. The van der Waals surface area contributed by atoms with Gasteiger partial charge in [-0.15, -0.1) is 0 Å². The van der Waals surface area contributed by atoms with Gasteiger partial charge in [-0.1, -0.05) is 193 Å². The topological polar surface area (TPSA) is 226 Å². The summed E-state index contributed by atoms with van der Waals surface area (Å²) in [7, 11) is -5.14. The van der Waals surface area contributed by atoms with Crippen molar-refractivity contribution in [3.8, 4) is 0 Å². The van der Waals surface area contributed by atoms with Crippen LogP contribution in [0.4, 0.5) is 0 Å². The molecule has 0 saturated heterocycles. The molecule has 8 unspecified atom stereocenters. The number of phosphoric ester groups is 1. The van der Waals surface area contributed by atoms with E-state index >= 15 is 0 Å². The molecule has 350 valence electrons. The van der Waals surface area contributed by atoms with Crippen LogP contribution in [0.1, 0.15) is 206 Å². The van der Waals surface area contributed by atoms with Crippen molar-refractivity contribution in [1.29, 1.82) is 0 Å². The van der Waals surface area contributed by atoms with Gasteiger partial charge in [0.2, 0.25) is 5.91 Å². The Labute approximate surface area is 357 Å². The second-order valence-electron chi connectivity index (χ2n) is 17.2. The van der Waals surface area contributed by atoms with Crippen LogP contribution in [-0.2, 0) is 18.4 Å². The fourth-order valence-electron chi connectivity index (χ4n) is 7.71. The third-order valence-corrected chi connectivity index (χ3v) is 12.6. The molecule has 0 aliphatic heterocycles. The minimum Gasteiger partial charge on any atom is -0.393 e. The van der Waals surface area contributed by atoms with Crippen LogP contribution in [-0.4, -0.2) is 108 Å². The number of amides is 1. The molecule has 0 aromatic carbocycles. The van der Waals surface area contributed by atoms with E-state index in [9.17, 15) is 50.0 Å². The number of phosphoric acid groups is 1. The lowest BCUT2D eigenvalue weighted by Gasteiger charge is -2.41. The van der Waals surface area contributed by atoms with Crippen molar-refractivity contribution in [2.75, 3.05) is 6.61 Å². The standard InChI is InChI=1S/C45H88NO12P/c1-3-5-7-9-11-13-15-17-19-21-23-25-27-29-31-33-38(48)37(35-57-59(55,56)58-45-43(53)41(51)40(50)42(52)44(45)54)46-39(49)34-36(47)32-30-28-26-24-22-20-18-16-14-12-10-8-6-4-2/h31,33,36-38,40-45,47-48,50-54H,3-30,32,34-35H2,1-2H3,(H,46,49)(H,55,56)/b33-31+. The van der Waals surface area contributed by atoms with Crippen LogP contribution in [0.15, 0.2) is 12.2 Å². The van der Waals surface area contributed by atoms with Crippen LogP contribution in [0.3, 0.4) is 0 Å². The van der Waals surface area contributed by atoms with Crippen LogP contribution < -0.4 is 5.32 Å². The number of nitrogens with one attached hydrogen (secondary N) is 1. The lowest BCUT2D eigenvalue weighted by molar-refractivity contribution is -0.220. The summed E-state index contributed by atoms with van der Waals surface area (Å²) in [5, 5.41) is 74.4. The van der Waals surface area contributed by atoms with Crippen molar-refractivity contribution in [2.24, 2.45) is 0 Å². The summed E-state index contributed by atoms with van der Waals surface area (Å²) in [6.07, 6.45) is 23.0. The third-order valence-electron chi connectivity index (χ3n) is 11.6. The molecule has 0 aromatic rings. The maximum atomic E-state index is 13.0. The molecule has 14 heteroatoms. The summed E-state index contributed by atoms with van der Waals surface area (Å²) in [4.78, 5) is 23.4. The van der Waals surface area contributed by atoms with E-state index in [1.807, 2.05) is 0 Å². The first kappa shape index (κ1) is 56.1. The van der Waals surface area contributed by atoms with Crippen molar-refractivity contribution in [3.05, 3.63) is 12.2 Å². The minimum absolute atomic E-state index is 0.240. The van der Waals surface area contributed by atoms with Crippen molar-refractivity contribution in [3.63, 3.8) is 0 Å². The molecule has 0 heterocycles. The summed E-state index contributed by atoms with van der Waals surface area (Å²) >= 11 is 0. The van der Waals surface area contributed by atoms with E-state index in [0.29, 0.717) is 12.8 Å². The average Bonchev–Trinajstić information content (AvgIpc) is 3.21. The first-order chi connectivity index (χ1) is 28.3. The Kier molecular flexibility index (Phi) is 33.7. The number of unbranched alkanes of at least 4 members (excludes halogenated alkanes) is 26. The van der Waals surface area contributed by atoms with Crippen molar-refractivity contribution < 1.29 is 59.0 Å². The van der Waals surface area contributed by atoms with Gasteiger partial charge in [0.05, 0.1) is 31.3 Å². The molecular formula is C45H88NO12P. The Hall–Kier alpha value is -0.960. The molecular weight excluding hydrogens is 777 g/mol. The highest BCUT2D eigenvalue weighted by atomic mass is 31.2. The summed E-state index contributed by atoms with van der Waals surface area (Å²) in [5.74, 6) is -0.590. The molecule has 1 rings (SSSR count). The van der Waals surface area contributed by atoms with Gasteiger partial charge >= 0.3 is 7.82 Å². The van der Waals surface area contributed by atoms with Gasteiger partial charge in [0.25, 0.3) is 0 Å². The summed E-state index contributed by atoms with van der Waals surface area (Å²) < 4.78 is 22.9. The minimum atomic E-state index is -5.14. The Morgan fingerprint density at radius 2 is 0.966 bits per heavy atom. The van der Waals surface area contributed by atoms with Crippen LogP contribution in [0, 0.1) is 0 Å². The molecule has 1 aliphatic rings. The van der Waals surface area contributed by atoms with E-state index in [-0.39, 0.29) is 6.42 Å². The number of rotatable bonds is 39. The van der Waals surface area contributed by atoms with Gasteiger partial charge in [0.1, 0.15) is 36.6 Å². The zero-order valence-corrected chi connectivity index (χ0v) is 37.8. The third kappa shape index (κ3) is 27.7. The van der Waals surface area contributed by atoms with Gasteiger partial charge in [0, 0.05) is 0 Å². The molecule has 8 atom stereocenters. The Bertz CT molecular complexity index is 1070. The molecule has 13 nitrogen and oxygen atoms in total. The molecule has 1 aliphatic carbocycles.